The largest absolute Gasteiger partial charge is 0.497 e. The SMILES string of the molecule is COc1cc(C#N)cc(Oc2c([N+](=O)[O-])ccc(OC(=O)C(C(=O)O)(C(C)(C)C)C(C)(C)C)c2F)c1. The molecule has 0 aliphatic carbocycles. The summed E-state index contributed by atoms with van der Waals surface area (Å²) in [6, 6.07) is 7.43. The number of carbonyl (C=O) groups excluding carboxylic acids is 1. The van der Waals surface area contributed by atoms with Gasteiger partial charge in [-0.15, -0.1) is 0 Å². The zero-order chi connectivity index (χ0) is 27.6. The number of nitrogens with zero attached hydrogens (tertiary/aromatic N) is 2. The predicted molar refractivity (Wildman–Crippen MR) is 125 cm³/mol. The molecule has 0 radical (unpaired) electrons. The quantitative estimate of drug-likeness (QED) is 0.171. The van der Waals surface area contributed by atoms with E-state index in [-0.39, 0.29) is 17.1 Å². The molecule has 0 amide bonds. The molecule has 0 saturated carbocycles. The Bertz CT molecular complexity index is 1240. The van der Waals surface area contributed by atoms with E-state index >= 15 is 4.39 Å². The summed E-state index contributed by atoms with van der Waals surface area (Å²) in [5.74, 6) is -5.75. The van der Waals surface area contributed by atoms with Gasteiger partial charge in [0.05, 0.1) is 23.7 Å². The first-order chi connectivity index (χ1) is 16.5. The van der Waals surface area contributed by atoms with Crippen molar-refractivity contribution in [2.75, 3.05) is 7.11 Å². The van der Waals surface area contributed by atoms with Gasteiger partial charge in [-0.25, -0.2) is 0 Å². The fraction of sp³-hybridized carbons (Fsp3) is 0.400. The van der Waals surface area contributed by atoms with Crippen LogP contribution in [-0.2, 0) is 9.59 Å². The standard InChI is InChI=1S/C25H27FN2O8/c1-23(2,3)25(21(29)30,24(4,5)6)22(31)36-18-9-8-17(28(32)33)20(19(18)26)35-16-11-14(13-27)10-15(12-16)34-7/h8-12H,1-7H3,(H,29,30). The van der Waals surface area contributed by atoms with Gasteiger partial charge in [0, 0.05) is 12.1 Å². The first-order valence-electron chi connectivity index (χ1n) is 10.7. The zero-order valence-electron chi connectivity index (χ0n) is 21.0. The Morgan fingerprint density at radius 1 is 1.06 bits per heavy atom. The summed E-state index contributed by atoms with van der Waals surface area (Å²) < 4.78 is 31.3. The van der Waals surface area contributed by atoms with Crippen LogP contribution in [0.4, 0.5) is 10.1 Å². The maximum absolute atomic E-state index is 15.5. The van der Waals surface area contributed by atoms with Crippen LogP contribution in [0.5, 0.6) is 23.0 Å². The molecule has 0 atom stereocenters. The number of carboxylic acids is 1. The predicted octanol–water partition coefficient (Wildman–Crippen LogP) is 5.48. The minimum Gasteiger partial charge on any atom is -0.497 e. The Morgan fingerprint density at radius 3 is 2.06 bits per heavy atom. The highest BCUT2D eigenvalue weighted by Gasteiger charge is 2.63. The van der Waals surface area contributed by atoms with Crippen LogP contribution in [0, 0.1) is 43.5 Å². The second-order valence-corrected chi connectivity index (χ2v) is 10.0. The van der Waals surface area contributed by atoms with E-state index in [4.69, 9.17) is 14.2 Å². The summed E-state index contributed by atoms with van der Waals surface area (Å²) in [5, 5.41) is 30.9. The van der Waals surface area contributed by atoms with Crippen molar-refractivity contribution in [2.24, 2.45) is 16.2 Å². The summed E-state index contributed by atoms with van der Waals surface area (Å²) in [6.45, 7) is 9.27. The van der Waals surface area contributed by atoms with Crippen LogP contribution in [0.3, 0.4) is 0 Å². The molecule has 0 heterocycles. The number of nitro benzene ring substituents is 1. The molecule has 2 aromatic rings. The van der Waals surface area contributed by atoms with Gasteiger partial charge in [-0.05, 0) is 29.0 Å². The summed E-state index contributed by atoms with van der Waals surface area (Å²) in [4.78, 5) is 36.5. The minimum atomic E-state index is -2.12. The molecule has 1 N–H and O–H groups in total. The molecule has 0 aliphatic heterocycles. The average Bonchev–Trinajstić information content (AvgIpc) is 2.73. The van der Waals surface area contributed by atoms with Gasteiger partial charge < -0.3 is 19.3 Å². The van der Waals surface area contributed by atoms with E-state index < -0.39 is 56.1 Å². The zero-order valence-corrected chi connectivity index (χ0v) is 21.0. The second kappa shape index (κ2) is 9.81. The van der Waals surface area contributed by atoms with E-state index in [9.17, 15) is 30.1 Å². The number of methoxy groups -OCH3 is 1. The molecule has 0 spiro atoms. The fourth-order valence-electron chi connectivity index (χ4n) is 4.42. The van der Waals surface area contributed by atoms with Crippen molar-refractivity contribution in [3.8, 4) is 29.1 Å². The Morgan fingerprint density at radius 2 is 1.61 bits per heavy atom. The number of ether oxygens (including phenoxy) is 3. The lowest BCUT2D eigenvalue weighted by molar-refractivity contribution is -0.385. The molecule has 36 heavy (non-hydrogen) atoms. The topological polar surface area (TPSA) is 149 Å². The van der Waals surface area contributed by atoms with Crippen LogP contribution in [0.2, 0.25) is 0 Å². The first kappa shape index (κ1) is 28.0. The molecule has 11 heteroatoms. The van der Waals surface area contributed by atoms with E-state index in [0.717, 1.165) is 12.1 Å². The highest BCUT2D eigenvalue weighted by molar-refractivity contribution is 6.02. The number of nitro groups is 1. The van der Waals surface area contributed by atoms with Crippen LogP contribution >= 0.6 is 0 Å². The molecule has 192 valence electrons. The van der Waals surface area contributed by atoms with Crippen molar-refractivity contribution in [1.82, 2.24) is 0 Å². The van der Waals surface area contributed by atoms with E-state index in [1.54, 1.807) is 41.5 Å². The number of aliphatic carboxylic acids is 1. The van der Waals surface area contributed by atoms with Gasteiger partial charge in [0.1, 0.15) is 11.5 Å². The van der Waals surface area contributed by atoms with Crippen LogP contribution in [0.1, 0.15) is 47.1 Å². The summed E-state index contributed by atoms with van der Waals surface area (Å²) in [5.41, 5.74) is -5.16. The van der Waals surface area contributed by atoms with Gasteiger partial charge >= 0.3 is 17.6 Å². The third-order valence-electron chi connectivity index (χ3n) is 5.78. The first-order valence-corrected chi connectivity index (χ1v) is 10.7. The second-order valence-electron chi connectivity index (χ2n) is 10.0. The Kier molecular flexibility index (Phi) is 7.64. The van der Waals surface area contributed by atoms with Crippen molar-refractivity contribution in [3.63, 3.8) is 0 Å². The van der Waals surface area contributed by atoms with Crippen molar-refractivity contribution in [3.05, 3.63) is 51.8 Å². The number of benzene rings is 2. The van der Waals surface area contributed by atoms with Crippen LogP contribution in [0.15, 0.2) is 30.3 Å². The number of hydrogen-bond acceptors (Lipinski definition) is 8. The summed E-state index contributed by atoms with van der Waals surface area (Å²) in [6.07, 6.45) is 0. The number of carbonyl (C=O) groups is 2. The maximum atomic E-state index is 15.5. The molecule has 2 rings (SSSR count). The third kappa shape index (κ3) is 4.93. The van der Waals surface area contributed by atoms with E-state index in [0.29, 0.717) is 0 Å². The summed E-state index contributed by atoms with van der Waals surface area (Å²) in [7, 11) is 1.32. The average molecular weight is 502 g/mol. The van der Waals surface area contributed by atoms with Crippen molar-refractivity contribution >= 4 is 17.6 Å². The van der Waals surface area contributed by atoms with Crippen LogP contribution in [0.25, 0.3) is 0 Å². The number of hydrogen-bond donors (Lipinski definition) is 1. The number of nitriles is 1. The molecule has 0 aromatic heterocycles. The fourth-order valence-corrected chi connectivity index (χ4v) is 4.42. The lowest BCUT2D eigenvalue weighted by Crippen LogP contribution is -2.59. The lowest BCUT2D eigenvalue weighted by atomic mass is 9.54. The molecule has 0 fully saturated rings. The van der Waals surface area contributed by atoms with Crippen molar-refractivity contribution in [1.29, 1.82) is 5.26 Å². The van der Waals surface area contributed by atoms with Gasteiger partial charge in [0.25, 0.3) is 0 Å². The highest BCUT2D eigenvalue weighted by atomic mass is 19.1. The Balaban J connectivity index is 2.67. The molecular formula is C25H27FN2O8. The smallest absolute Gasteiger partial charge is 0.330 e. The lowest BCUT2D eigenvalue weighted by Gasteiger charge is -2.47. The summed E-state index contributed by atoms with van der Waals surface area (Å²) >= 11 is 0. The maximum Gasteiger partial charge on any atom is 0.330 e. The third-order valence-corrected chi connectivity index (χ3v) is 5.78. The van der Waals surface area contributed by atoms with Crippen LogP contribution in [-0.4, -0.2) is 29.1 Å². The van der Waals surface area contributed by atoms with Crippen molar-refractivity contribution < 1.29 is 38.2 Å². The van der Waals surface area contributed by atoms with E-state index in [1.807, 2.05) is 6.07 Å². The number of carboxylic acid groups (broad SMARTS) is 1. The number of esters is 1. The van der Waals surface area contributed by atoms with Crippen molar-refractivity contribution in [2.45, 2.75) is 41.5 Å². The number of halogens is 1. The van der Waals surface area contributed by atoms with Gasteiger partial charge in [-0.1, -0.05) is 41.5 Å². The molecule has 0 bridgehead atoms. The monoisotopic (exact) mass is 502 g/mol. The number of rotatable bonds is 7. The molecular weight excluding hydrogens is 475 g/mol. The molecule has 10 nitrogen and oxygen atoms in total. The van der Waals surface area contributed by atoms with Gasteiger partial charge in [0.15, 0.2) is 11.2 Å². The Labute approximate surface area is 207 Å². The van der Waals surface area contributed by atoms with Gasteiger partial charge in [-0.3, -0.25) is 19.7 Å². The Hall–Kier alpha value is -4.20. The molecule has 0 unspecified atom stereocenters. The molecule has 0 saturated heterocycles. The highest BCUT2D eigenvalue weighted by Crippen LogP contribution is 2.53. The van der Waals surface area contributed by atoms with Crippen LogP contribution < -0.4 is 14.2 Å². The normalized spacial score (nSPS) is 11.9. The molecule has 2 aromatic carbocycles. The van der Waals surface area contributed by atoms with E-state index in [2.05, 4.69) is 0 Å². The minimum absolute atomic E-state index is 0.0802. The van der Waals surface area contributed by atoms with Gasteiger partial charge in [-0.2, -0.15) is 9.65 Å². The molecule has 0 aliphatic rings. The van der Waals surface area contributed by atoms with E-state index in [1.165, 1.54) is 25.3 Å². The van der Waals surface area contributed by atoms with Gasteiger partial charge in [0.2, 0.25) is 11.6 Å².